The Balaban J connectivity index is 2.09. The van der Waals surface area contributed by atoms with Crippen molar-refractivity contribution in [3.8, 4) is 0 Å². The molecular formula is C12H14N2O2. The average molecular weight is 218 g/mol. The minimum atomic E-state index is -0.416. The number of carbonyl (C=O) groups excluding carboxylic acids is 2. The van der Waals surface area contributed by atoms with Gasteiger partial charge in [0, 0.05) is 13.5 Å². The van der Waals surface area contributed by atoms with E-state index in [1.54, 1.807) is 0 Å². The van der Waals surface area contributed by atoms with Gasteiger partial charge in [0.2, 0.25) is 0 Å². The molecule has 1 heterocycles. The van der Waals surface area contributed by atoms with Gasteiger partial charge in [-0.2, -0.15) is 0 Å². The summed E-state index contributed by atoms with van der Waals surface area (Å²) in [5, 5.41) is 2.65. The van der Waals surface area contributed by atoms with Gasteiger partial charge in [-0.3, -0.25) is 9.69 Å². The zero-order chi connectivity index (χ0) is 11.7. The van der Waals surface area contributed by atoms with E-state index >= 15 is 0 Å². The molecule has 1 saturated heterocycles. The molecule has 1 atom stereocenters. The van der Waals surface area contributed by atoms with E-state index in [9.17, 15) is 9.59 Å². The van der Waals surface area contributed by atoms with Gasteiger partial charge in [0.05, 0.1) is 0 Å². The Morgan fingerprint density at radius 3 is 2.38 bits per heavy atom. The summed E-state index contributed by atoms with van der Waals surface area (Å²) >= 11 is 0. The molecule has 1 aromatic rings. The molecule has 0 aliphatic carbocycles. The molecule has 84 valence electrons. The second-order valence-corrected chi connectivity index (χ2v) is 4.09. The first-order chi connectivity index (χ1) is 7.58. The molecule has 3 amide bonds. The van der Waals surface area contributed by atoms with Crippen molar-refractivity contribution in [3.05, 3.63) is 35.4 Å². The standard InChI is InChI=1S/C12H14N2O2/c1-8-3-5-9(6-4-8)7-10-11(15)14(2)12(16)13-10/h3-6,10H,7H2,1-2H3,(H,13,16). The van der Waals surface area contributed by atoms with Gasteiger partial charge in [-0.15, -0.1) is 0 Å². The predicted octanol–water partition coefficient (Wildman–Crippen LogP) is 1.09. The molecule has 0 bridgehead atoms. The van der Waals surface area contributed by atoms with Gasteiger partial charge in [-0.05, 0) is 12.5 Å². The molecule has 1 aliphatic rings. The fourth-order valence-electron chi connectivity index (χ4n) is 1.74. The highest BCUT2D eigenvalue weighted by Gasteiger charge is 2.34. The Bertz CT molecular complexity index is 425. The quantitative estimate of drug-likeness (QED) is 0.755. The van der Waals surface area contributed by atoms with Crippen LogP contribution in [0.1, 0.15) is 11.1 Å². The van der Waals surface area contributed by atoms with Gasteiger partial charge in [0.25, 0.3) is 5.91 Å². The number of nitrogens with one attached hydrogen (secondary N) is 1. The smallest absolute Gasteiger partial charge is 0.324 e. The molecule has 2 rings (SSSR count). The molecule has 0 spiro atoms. The summed E-state index contributed by atoms with van der Waals surface area (Å²) in [5.41, 5.74) is 2.24. The summed E-state index contributed by atoms with van der Waals surface area (Å²) in [6.07, 6.45) is 0.551. The average Bonchev–Trinajstić information content (AvgIpc) is 2.50. The van der Waals surface area contributed by atoms with E-state index < -0.39 is 6.04 Å². The van der Waals surface area contributed by atoms with Crippen LogP contribution in [0, 0.1) is 6.92 Å². The largest absolute Gasteiger partial charge is 0.325 e. The normalized spacial score (nSPS) is 20.1. The third-order valence-corrected chi connectivity index (χ3v) is 2.79. The van der Waals surface area contributed by atoms with Crippen LogP contribution in [0.2, 0.25) is 0 Å². The van der Waals surface area contributed by atoms with Crippen molar-refractivity contribution in [3.63, 3.8) is 0 Å². The van der Waals surface area contributed by atoms with Crippen LogP contribution in [0.25, 0.3) is 0 Å². The zero-order valence-corrected chi connectivity index (χ0v) is 9.36. The van der Waals surface area contributed by atoms with Crippen molar-refractivity contribution in [2.75, 3.05) is 7.05 Å². The Morgan fingerprint density at radius 2 is 1.88 bits per heavy atom. The molecule has 4 nitrogen and oxygen atoms in total. The number of carbonyl (C=O) groups is 2. The van der Waals surface area contributed by atoms with E-state index in [2.05, 4.69) is 5.32 Å². The summed E-state index contributed by atoms with van der Waals surface area (Å²) in [6, 6.07) is 7.23. The van der Waals surface area contributed by atoms with Gasteiger partial charge in [-0.25, -0.2) is 4.79 Å². The summed E-state index contributed by atoms with van der Waals surface area (Å²) in [4.78, 5) is 24.0. The number of amides is 3. The first-order valence-corrected chi connectivity index (χ1v) is 5.21. The van der Waals surface area contributed by atoms with E-state index in [1.807, 2.05) is 31.2 Å². The Hall–Kier alpha value is -1.84. The maximum absolute atomic E-state index is 11.6. The summed E-state index contributed by atoms with van der Waals surface area (Å²) in [5.74, 6) is -0.162. The lowest BCUT2D eigenvalue weighted by Crippen LogP contribution is -2.31. The lowest BCUT2D eigenvalue weighted by molar-refractivity contribution is -0.126. The molecule has 1 unspecified atom stereocenters. The van der Waals surface area contributed by atoms with Crippen molar-refractivity contribution in [2.45, 2.75) is 19.4 Å². The van der Waals surface area contributed by atoms with E-state index in [-0.39, 0.29) is 11.9 Å². The molecular weight excluding hydrogens is 204 g/mol. The molecule has 1 aromatic carbocycles. The minimum Gasteiger partial charge on any atom is -0.325 e. The molecule has 0 saturated carbocycles. The van der Waals surface area contributed by atoms with Crippen LogP contribution in [-0.2, 0) is 11.2 Å². The summed E-state index contributed by atoms with van der Waals surface area (Å²) in [7, 11) is 1.49. The van der Waals surface area contributed by atoms with Crippen LogP contribution in [0.15, 0.2) is 24.3 Å². The van der Waals surface area contributed by atoms with Crippen molar-refractivity contribution in [1.29, 1.82) is 0 Å². The fraction of sp³-hybridized carbons (Fsp3) is 0.333. The Morgan fingerprint density at radius 1 is 1.25 bits per heavy atom. The maximum Gasteiger partial charge on any atom is 0.324 e. The van der Waals surface area contributed by atoms with Crippen LogP contribution in [-0.4, -0.2) is 29.9 Å². The number of nitrogens with zero attached hydrogens (tertiary/aromatic N) is 1. The second kappa shape index (κ2) is 3.96. The number of imide groups is 1. The number of benzene rings is 1. The Kier molecular flexibility index (Phi) is 2.64. The first kappa shape index (κ1) is 10.7. The molecule has 0 radical (unpaired) electrons. The predicted molar refractivity (Wildman–Crippen MR) is 60.0 cm³/mol. The van der Waals surface area contributed by atoms with Gasteiger partial charge < -0.3 is 5.32 Å². The number of hydrogen-bond donors (Lipinski definition) is 1. The van der Waals surface area contributed by atoms with E-state index in [1.165, 1.54) is 12.6 Å². The van der Waals surface area contributed by atoms with Crippen molar-refractivity contribution >= 4 is 11.9 Å². The number of hydrogen-bond acceptors (Lipinski definition) is 2. The van der Waals surface area contributed by atoms with Gasteiger partial charge in [0.15, 0.2) is 0 Å². The lowest BCUT2D eigenvalue weighted by Gasteiger charge is -2.08. The number of urea groups is 1. The zero-order valence-electron chi connectivity index (χ0n) is 9.36. The van der Waals surface area contributed by atoms with Crippen LogP contribution in [0.4, 0.5) is 4.79 Å². The molecule has 4 heteroatoms. The lowest BCUT2D eigenvalue weighted by atomic mass is 10.0. The Labute approximate surface area is 94.2 Å². The van der Waals surface area contributed by atoms with Gasteiger partial charge in [-0.1, -0.05) is 29.8 Å². The van der Waals surface area contributed by atoms with E-state index in [4.69, 9.17) is 0 Å². The number of rotatable bonds is 2. The van der Waals surface area contributed by atoms with E-state index in [0.717, 1.165) is 10.5 Å². The van der Waals surface area contributed by atoms with Crippen LogP contribution in [0.3, 0.4) is 0 Å². The van der Waals surface area contributed by atoms with Gasteiger partial charge >= 0.3 is 6.03 Å². The van der Waals surface area contributed by atoms with Crippen molar-refractivity contribution in [1.82, 2.24) is 10.2 Å². The topological polar surface area (TPSA) is 49.4 Å². The molecule has 1 aliphatic heterocycles. The highest BCUT2D eigenvalue weighted by molar-refractivity contribution is 6.03. The summed E-state index contributed by atoms with van der Waals surface area (Å²) in [6.45, 7) is 2.01. The minimum absolute atomic E-state index is 0.162. The third-order valence-electron chi connectivity index (χ3n) is 2.79. The monoisotopic (exact) mass is 218 g/mol. The third kappa shape index (κ3) is 1.91. The highest BCUT2D eigenvalue weighted by Crippen LogP contribution is 2.11. The fourth-order valence-corrected chi connectivity index (χ4v) is 1.74. The first-order valence-electron chi connectivity index (χ1n) is 5.21. The van der Waals surface area contributed by atoms with Crippen LogP contribution < -0.4 is 5.32 Å². The number of likely N-dealkylation sites (N-methyl/N-ethyl adjacent to an activating group) is 1. The summed E-state index contributed by atoms with van der Waals surface area (Å²) < 4.78 is 0. The molecule has 1 fully saturated rings. The molecule has 1 N–H and O–H groups in total. The second-order valence-electron chi connectivity index (χ2n) is 4.09. The van der Waals surface area contributed by atoms with Crippen LogP contribution in [0.5, 0.6) is 0 Å². The van der Waals surface area contributed by atoms with Gasteiger partial charge in [0.1, 0.15) is 6.04 Å². The highest BCUT2D eigenvalue weighted by atomic mass is 16.2. The number of aryl methyl sites for hydroxylation is 1. The SMILES string of the molecule is Cc1ccc(CC2NC(=O)N(C)C2=O)cc1. The van der Waals surface area contributed by atoms with Crippen molar-refractivity contribution < 1.29 is 9.59 Å². The van der Waals surface area contributed by atoms with Crippen molar-refractivity contribution in [2.24, 2.45) is 0 Å². The van der Waals surface area contributed by atoms with E-state index in [0.29, 0.717) is 6.42 Å². The maximum atomic E-state index is 11.6. The molecule has 16 heavy (non-hydrogen) atoms. The molecule has 0 aromatic heterocycles. The van der Waals surface area contributed by atoms with Crippen LogP contribution >= 0.6 is 0 Å².